The molecule has 0 amide bonds. The van der Waals surface area contributed by atoms with Crippen LogP contribution in [0.2, 0.25) is 5.15 Å². The molecule has 1 heterocycles. The lowest BCUT2D eigenvalue weighted by Crippen LogP contribution is -2.40. The van der Waals surface area contributed by atoms with E-state index in [9.17, 15) is 0 Å². The molecule has 128 valence electrons. The molecular weight excluding hydrogens is 324 g/mol. The molecule has 0 saturated heterocycles. The monoisotopic (exact) mass is 346 g/mol. The highest BCUT2D eigenvalue weighted by atomic mass is 35.5. The number of hydrogen-bond acceptors (Lipinski definition) is 3. The van der Waals surface area contributed by atoms with Crippen LogP contribution in [-0.4, -0.2) is 37.7 Å². The Balaban J connectivity index is 1.64. The smallest absolute Gasteiger partial charge is 0.191 e. The number of nitrogens with zero attached hydrogens (tertiary/aromatic N) is 2. The maximum atomic E-state index is 5.77. The van der Waals surface area contributed by atoms with Crippen molar-refractivity contribution in [1.29, 1.82) is 0 Å². The minimum Gasteiger partial charge on any atom is -0.492 e. The number of ether oxygens (including phenoxy) is 1. The fourth-order valence-electron chi connectivity index (χ4n) is 2.14. The van der Waals surface area contributed by atoms with Crippen LogP contribution in [0.4, 0.5) is 0 Å². The van der Waals surface area contributed by atoms with Gasteiger partial charge in [0, 0.05) is 19.8 Å². The van der Waals surface area contributed by atoms with Gasteiger partial charge < -0.3 is 15.4 Å². The lowest BCUT2D eigenvalue weighted by atomic mass is 10.2. The van der Waals surface area contributed by atoms with Crippen molar-refractivity contribution >= 4 is 17.6 Å². The molecule has 0 fully saturated rings. The molecule has 2 N–H and O–H groups in total. The molecule has 2 aromatic rings. The molecule has 0 aliphatic rings. The third-order valence-electron chi connectivity index (χ3n) is 3.37. The van der Waals surface area contributed by atoms with E-state index in [0.717, 1.165) is 30.2 Å². The Labute approximate surface area is 148 Å². The van der Waals surface area contributed by atoms with Gasteiger partial charge in [0.1, 0.15) is 17.5 Å². The van der Waals surface area contributed by atoms with E-state index < -0.39 is 0 Å². The van der Waals surface area contributed by atoms with Crippen molar-refractivity contribution in [2.24, 2.45) is 4.99 Å². The van der Waals surface area contributed by atoms with Crippen molar-refractivity contribution < 1.29 is 4.74 Å². The Kier molecular flexibility index (Phi) is 7.36. The van der Waals surface area contributed by atoms with Crippen LogP contribution >= 0.6 is 11.6 Å². The molecule has 0 bridgehead atoms. The molecular formula is C18H23ClN4O. The Morgan fingerprint density at radius 1 is 1.21 bits per heavy atom. The third kappa shape index (κ3) is 6.46. The minimum absolute atomic E-state index is 0.512. The van der Waals surface area contributed by atoms with Crippen molar-refractivity contribution in [2.45, 2.75) is 13.3 Å². The average molecular weight is 347 g/mol. The van der Waals surface area contributed by atoms with Crippen molar-refractivity contribution in [3.05, 3.63) is 58.9 Å². The first-order chi connectivity index (χ1) is 11.7. The number of nitrogens with one attached hydrogen (secondary N) is 2. The van der Waals surface area contributed by atoms with Gasteiger partial charge in [-0.3, -0.25) is 4.99 Å². The van der Waals surface area contributed by atoms with Crippen LogP contribution in [0, 0.1) is 6.92 Å². The molecule has 0 unspecified atom stereocenters. The average Bonchev–Trinajstić information content (AvgIpc) is 2.59. The fraction of sp³-hybridized carbons (Fsp3) is 0.333. The topological polar surface area (TPSA) is 58.5 Å². The Hall–Kier alpha value is -2.27. The molecule has 1 aromatic carbocycles. The minimum atomic E-state index is 0.512. The largest absolute Gasteiger partial charge is 0.492 e. The second-order valence-corrected chi connectivity index (χ2v) is 5.72. The number of pyridine rings is 1. The number of benzene rings is 1. The highest BCUT2D eigenvalue weighted by Gasteiger charge is 1.99. The molecule has 1 aromatic heterocycles. The van der Waals surface area contributed by atoms with Crippen molar-refractivity contribution in [3.63, 3.8) is 0 Å². The zero-order valence-electron chi connectivity index (χ0n) is 14.1. The van der Waals surface area contributed by atoms with Gasteiger partial charge in [0.15, 0.2) is 5.96 Å². The van der Waals surface area contributed by atoms with Crippen molar-refractivity contribution in [3.8, 4) is 5.75 Å². The van der Waals surface area contributed by atoms with Gasteiger partial charge in [0.05, 0.1) is 6.54 Å². The van der Waals surface area contributed by atoms with Crippen LogP contribution in [0.25, 0.3) is 0 Å². The summed E-state index contributed by atoms with van der Waals surface area (Å²) in [6, 6.07) is 11.8. The van der Waals surface area contributed by atoms with E-state index in [0.29, 0.717) is 18.3 Å². The molecule has 0 aliphatic carbocycles. The summed E-state index contributed by atoms with van der Waals surface area (Å²) in [6.07, 6.45) is 2.64. The van der Waals surface area contributed by atoms with E-state index >= 15 is 0 Å². The van der Waals surface area contributed by atoms with Gasteiger partial charge in [-0.2, -0.15) is 0 Å². The van der Waals surface area contributed by atoms with Gasteiger partial charge in [-0.25, -0.2) is 4.98 Å². The molecule has 5 nitrogen and oxygen atoms in total. The van der Waals surface area contributed by atoms with E-state index in [1.807, 2.05) is 37.3 Å². The molecule has 0 atom stereocenters. The molecule has 0 radical (unpaired) electrons. The summed E-state index contributed by atoms with van der Waals surface area (Å²) < 4.78 is 5.70. The summed E-state index contributed by atoms with van der Waals surface area (Å²) in [6.45, 7) is 4.07. The summed E-state index contributed by atoms with van der Waals surface area (Å²) >= 11 is 5.77. The SMILES string of the molecule is CN=C(NCCOc1cccc(C)c1)NCCc1ccc(Cl)nc1. The number of aromatic nitrogens is 1. The molecule has 2 rings (SSSR count). The fourth-order valence-corrected chi connectivity index (χ4v) is 2.26. The van der Waals surface area contributed by atoms with Crippen LogP contribution in [0.5, 0.6) is 5.75 Å². The van der Waals surface area contributed by atoms with Gasteiger partial charge >= 0.3 is 0 Å². The Morgan fingerprint density at radius 3 is 2.75 bits per heavy atom. The number of guanidine groups is 1. The van der Waals surface area contributed by atoms with Gasteiger partial charge in [-0.15, -0.1) is 0 Å². The maximum absolute atomic E-state index is 5.77. The van der Waals surface area contributed by atoms with E-state index in [-0.39, 0.29) is 0 Å². The van der Waals surface area contributed by atoms with Crippen molar-refractivity contribution in [2.75, 3.05) is 26.7 Å². The first kappa shape index (κ1) is 18.1. The molecule has 0 saturated carbocycles. The zero-order chi connectivity index (χ0) is 17.2. The number of aryl methyl sites for hydroxylation is 1. The quantitative estimate of drug-likeness (QED) is 0.350. The number of hydrogen-bond donors (Lipinski definition) is 2. The van der Waals surface area contributed by atoms with Gasteiger partial charge in [-0.05, 0) is 42.7 Å². The Morgan fingerprint density at radius 2 is 2.04 bits per heavy atom. The Bertz CT molecular complexity index is 658. The summed E-state index contributed by atoms with van der Waals surface area (Å²) in [4.78, 5) is 8.26. The van der Waals surface area contributed by atoms with Crippen LogP contribution in [0.15, 0.2) is 47.6 Å². The first-order valence-electron chi connectivity index (χ1n) is 7.92. The summed E-state index contributed by atoms with van der Waals surface area (Å²) in [5, 5.41) is 7.00. The highest BCUT2D eigenvalue weighted by Crippen LogP contribution is 2.11. The number of aliphatic imine (C=N–C) groups is 1. The summed E-state index contributed by atoms with van der Waals surface area (Å²) in [7, 11) is 1.75. The van der Waals surface area contributed by atoms with E-state index in [4.69, 9.17) is 16.3 Å². The van der Waals surface area contributed by atoms with E-state index in [1.54, 1.807) is 19.3 Å². The third-order valence-corrected chi connectivity index (χ3v) is 3.59. The lowest BCUT2D eigenvalue weighted by Gasteiger charge is -2.12. The van der Waals surface area contributed by atoms with Gasteiger partial charge in [0.25, 0.3) is 0 Å². The molecule has 0 spiro atoms. The molecule has 0 aliphatic heterocycles. The van der Waals surface area contributed by atoms with Crippen molar-refractivity contribution in [1.82, 2.24) is 15.6 Å². The number of rotatable bonds is 7. The van der Waals surface area contributed by atoms with Crippen LogP contribution in [0.3, 0.4) is 0 Å². The zero-order valence-corrected chi connectivity index (χ0v) is 14.8. The van der Waals surface area contributed by atoms with E-state index in [1.165, 1.54) is 5.56 Å². The predicted octanol–water partition coefficient (Wildman–Crippen LogP) is 2.83. The van der Waals surface area contributed by atoms with Crippen LogP contribution in [-0.2, 0) is 6.42 Å². The summed E-state index contributed by atoms with van der Waals surface area (Å²) in [5.74, 6) is 1.64. The summed E-state index contributed by atoms with van der Waals surface area (Å²) in [5.41, 5.74) is 2.32. The van der Waals surface area contributed by atoms with Crippen LogP contribution in [0.1, 0.15) is 11.1 Å². The lowest BCUT2D eigenvalue weighted by molar-refractivity contribution is 0.321. The second kappa shape index (κ2) is 9.78. The normalized spacial score (nSPS) is 11.2. The predicted molar refractivity (Wildman–Crippen MR) is 99.0 cm³/mol. The molecule has 24 heavy (non-hydrogen) atoms. The van der Waals surface area contributed by atoms with Gasteiger partial charge in [0.2, 0.25) is 0 Å². The van der Waals surface area contributed by atoms with E-state index in [2.05, 4.69) is 20.6 Å². The number of halogens is 1. The maximum Gasteiger partial charge on any atom is 0.191 e. The molecule has 6 heteroatoms. The first-order valence-corrected chi connectivity index (χ1v) is 8.29. The van der Waals surface area contributed by atoms with Crippen LogP contribution < -0.4 is 15.4 Å². The highest BCUT2D eigenvalue weighted by molar-refractivity contribution is 6.29. The standard InChI is InChI=1S/C18H23ClN4O/c1-14-4-3-5-16(12-14)24-11-10-22-18(20-2)21-9-8-15-6-7-17(19)23-13-15/h3-7,12-13H,8-11H2,1-2H3,(H2,20,21,22). The second-order valence-electron chi connectivity index (χ2n) is 5.33. The van der Waals surface area contributed by atoms with Gasteiger partial charge in [-0.1, -0.05) is 29.8 Å².